The van der Waals surface area contributed by atoms with Crippen LogP contribution in [0.5, 0.6) is 0 Å². The monoisotopic (exact) mass is 372 g/mol. The summed E-state index contributed by atoms with van der Waals surface area (Å²) in [6.07, 6.45) is 1.13. The first-order valence-electron chi connectivity index (χ1n) is 8.89. The summed E-state index contributed by atoms with van der Waals surface area (Å²) in [5.74, 6) is -0.240. The first-order valence-corrected chi connectivity index (χ1v) is 10.5. The van der Waals surface area contributed by atoms with Gasteiger partial charge in [-0.25, -0.2) is 8.42 Å². The molecule has 0 spiro atoms. The van der Waals surface area contributed by atoms with E-state index in [-0.39, 0.29) is 18.2 Å². The zero-order chi connectivity index (χ0) is 18.6. The van der Waals surface area contributed by atoms with Gasteiger partial charge in [0, 0.05) is 13.1 Å². The molecule has 138 valence electrons. The van der Waals surface area contributed by atoms with Crippen LogP contribution in [0.1, 0.15) is 23.6 Å². The van der Waals surface area contributed by atoms with Crippen LogP contribution in [-0.4, -0.2) is 37.0 Å². The lowest BCUT2D eigenvalue weighted by Gasteiger charge is -2.34. The first-order chi connectivity index (χ1) is 12.5. The van der Waals surface area contributed by atoms with E-state index in [9.17, 15) is 13.2 Å². The number of hydrogen-bond donors (Lipinski definition) is 1. The molecule has 1 N–H and O–H groups in total. The van der Waals surface area contributed by atoms with E-state index in [4.69, 9.17) is 0 Å². The zero-order valence-corrected chi connectivity index (χ0v) is 15.7. The fourth-order valence-corrected chi connectivity index (χ4v) is 4.50. The fraction of sp³-hybridized carbons (Fsp3) is 0.350. The number of nitrogens with one attached hydrogen (secondary N) is 1. The number of hydrogen-bond acceptors (Lipinski definition) is 3. The third kappa shape index (κ3) is 4.14. The van der Waals surface area contributed by atoms with Gasteiger partial charge in [-0.15, -0.1) is 0 Å². The smallest absolute Gasteiger partial charge is 0.238 e. The predicted molar refractivity (Wildman–Crippen MR) is 102 cm³/mol. The number of amides is 1. The van der Waals surface area contributed by atoms with Gasteiger partial charge in [-0.2, -0.15) is 4.31 Å². The first kappa shape index (κ1) is 18.6. The molecule has 5 nitrogen and oxygen atoms in total. The lowest BCUT2D eigenvalue weighted by atomic mass is 9.95. The van der Waals surface area contributed by atoms with Gasteiger partial charge in [0.15, 0.2) is 0 Å². The van der Waals surface area contributed by atoms with E-state index in [1.165, 1.54) is 4.31 Å². The van der Waals surface area contributed by atoms with Crippen LogP contribution >= 0.6 is 0 Å². The van der Waals surface area contributed by atoms with Crippen molar-refractivity contribution in [2.45, 2.75) is 32.4 Å². The van der Waals surface area contributed by atoms with Gasteiger partial charge in [0.2, 0.25) is 15.9 Å². The summed E-state index contributed by atoms with van der Waals surface area (Å²) >= 11 is 0. The van der Waals surface area contributed by atoms with E-state index in [2.05, 4.69) is 5.32 Å². The van der Waals surface area contributed by atoms with Crippen molar-refractivity contribution in [2.75, 3.05) is 12.3 Å². The average Bonchev–Trinajstić information content (AvgIpc) is 2.67. The van der Waals surface area contributed by atoms with Gasteiger partial charge in [-0.05, 0) is 36.5 Å². The second kappa shape index (κ2) is 8.01. The highest BCUT2D eigenvalue weighted by molar-refractivity contribution is 7.89. The Kier molecular flexibility index (Phi) is 5.74. The molecule has 0 bridgehead atoms. The normalized spacial score (nSPS) is 17.5. The standard InChI is InChI=1S/C20H24N2O3S/c1-2-26(24,25)22-15-18-11-7-6-10-17(18)14-19(22)20(23)21-13-12-16-8-4-3-5-9-16/h3-11,19H,2,12-15H2,1H3,(H,21,23)/t19-/m0/s1. The zero-order valence-electron chi connectivity index (χ0n) is 14.9. The third-order valence-electron chi connectivity index (χ3n) is 4.79. The Morgan fingerprint density at radius 1 is 1.08 bits per heavy atom. The van der Waals surface area contributed by atoms with Crippen LogP contribution in [0.2, 0.25) is 0 Å². The quantitative estimate of drug-likeness (QED) is 0.845. The number of fused-ring (bicyclic) bond motifs is 1. The molecule has 2 aromatic carbocycles. The van der Waals surface area contributed by atoms with Gasteiger partial charge in [-0.3, -0.25) is 4.79 Å². The summed E-state index contributed by atoms with van der Waals surface area (Å²) < 4.78 is 26.4. The molecule has 1 heterocycles. The number of benzene rings is 2. The molecule has 3 rings (SSSR count). The molecule has 2 aromatic rings. The lowest BCUT2D eigenvalue weighted by Crippen LogP contribution is -2.53. The van der Waals surface area contributed by atoms with Crippen molar-refractivity contribution >= 4 is 15.9 Å². The van der Waals surface area contributed by atoms with Crippen LogP contribution in [0.25, 0.3) is 0 Å². The predicted octanol–water partition coefficient (Wildman–Crippen LogP) is 2.12. The van der Waals surface area contributed by atoms with Gasteiger partial charge in [0.05, 0.1) is 5.75 Å². The Morgan fingerprint density at radius 3 is 2.42 bits per heavy atom. The van der Waals surface area contributed by atoms with Crippen molar-refractivity contribution in [1.82, 2.24) is 9.62 Å². The molecule has 0 fully saturated rings. The van der Waals surface area contributed by atoms with Crippen molar-refractivity contribution < 1.29 is 13.2 Å². The lowest BCUT2D eigenvalue weighted by molar-refractivity contribution is -0.125. The van der Waals surface area contributed by atoms with Crippen molar-refractivity contribution in [3.05, 3.63) is 71.3 Å². The second-order valence-corrected chi connectivity index (χ2v) is 8.67. The molecule has 0 saturated carbocycles. The van der Waals surface area contributed by atoms with Crippen LogP contribution in [0.3, 0.4) is 0 Å². The molecule has 1 amide bonds. The van der Waals surface area contributed by atoms with E-state index < -0.39 is 16.1 Å². The van der Waals surface area contributed by atoms with Gasteiger partial charge >= 0.3 is 0 Å². The second-order valence-electron chi connectivity index (χ2n) is 6.46. The number of rotatable bonds is 6. The van der Waals surface area contributed by atoms with E-state index in [0.717, 1.165) is 23.1 Å². The van der Waals surface area contributed by atoms with Gasteiger partial charge < -0.3 is 5.32 Å². The Morgan fingerprint density at radius 2 is 1.73 bits per heavy atom. The molecule has 6 heteroatoms. The summed E-state index contributed by atoms with van der Waals surface area (Å²) in [5.41, 5.74) is 3.15. The Hall–Kier alpha value is -2.18. The number of carbonyl (C=O) groups excluding carboxylic acids is 1. The Bertz CT molecular complexity index is 866. The van der Waals surface area contributed by atoms with Crippen LogP contribution in [0.4, 0.5) is 0 Å². The Labute approximate surface area is 155 Å². The number of nitrogens with zero attached hydrogens (tertiary/aromatic N) is 1. The summed E-state index contributed by atoms with van der Waals surface area (Å²) in [5, 5.41) is 2.91. The average molecular weight is 372 g/mol. The molecule has 0 aliphatic carbocycles. The summed E-state index contributed by atoms with van der Waals surface area (Å²) in [6.45, 7) is 2.35. The molecule has 0 radical (unpaired) electrons. The van der Waals surface area contributed by atoms with Gasteiger partial charge in [0.25, 0.3) is 0 Å². The molecule has 0 unspecified atom stereocenters. The van der Waals surface area contributed by atoms with Gasteiger partial charge in [0.1, 0.15) is 6.04 Å². The summed E-state index contributed by atoms with van der Waals surface area (Å²) in [7, 11) is -3.46. The fourth-order valence-electron chi connectivity index (χ4n) is 3.27. The maximum Gasteiger partial charge on any atom is 0.238 e. The van der Waals surface area contributed by atoms with Crippen LogP contribution in [0.15, 0.2) is 54.6 Å². The van der Waals surface area contributed by atoms with Crippen LogP contribution in [0, 0.1) is 0 Å². The molecule has 0 aromatic heterocycles. The van der Waals surface area contributed by atoms with Crippen molar-refractivity contribution in [2.24, 2.45) is 0 Å². The van der Waals surface area contributed by atoms with Crippen molar-refractivity contribution in [3.8, 4) is 0 Å². The number of sulfonamides is 1. The van der Waals surface area contributed by atoms with E-state index in [1.807, 2.05) is 54.6 Å². The molecule has 1 aliphatic heterocycles. The maximum absolute atomic E-state index is 12.8. The van der Waals surface area contributed by atoms with E-state index in [1.54, 1.807) is 6.92 Å². The molecule has 1 aliphatic rings. The van der Waals surface area contributed by atoms with E-state index in [0.29, 0.717) is 13.0 Å². The van der Waals surface area contributed by atoms with Crippen molar-refractivity contribution in [3.63, 3.8) is 0 Å². The third-order valence-corrected chi connectivity index (χ3v) is 6.61. The summed E-state index contributed by atoms with van der Waals surface area (Å²) in [4.78, 5) is 12.8. The van der Waals surface area contributed by atoms with Crippen LogP contribution < -0.4 is 5.32 Å². The van der Waals surface area contributed by atoms with Crippen LogP contribution in [-0.2, 0) is 34.2 Å². The SMILES string of the molecule is CCS(=O)(=O)N1Cc2ccccc2C[C@H]1C(=O)NCCc1ccccc1. The largest absolute Gasteiger partial charge is 0.354 e. The molecular weight excluding hydrogens is 348 g/mol. The number of carbonyl (C=O) groups is 1. The minimum atomic E-state index is -3.46. The maximum atomic E-state index is 12.8. The summed E-state index contributed by atoms with van der Waals surface area (Å²) in [6, 6.07) is 16.9. The minimum Gasteiger partial charge on any atom is -0.354 e. The highest BCUT2D eigenvalue weighted by Crippen LogP contribution is 2.26. The van der Waals surface area contributed by atoms with Crippen molar-refractivity contribution in [1.29, 1.82) is 0 Å². The highest BCUT2D eigenvalue weighted by Gasteiger charge is 2.37. The molecule has 0 saturated heterocycles. The topological polar surface area (TPSA) is 66.5 Å². The molecule has 1 atom stereocenters. The molecule has 26 heavy (non-hydrogen) atoms. The van der Waals surface area contributed by atoms with Gasteiger partial charge in [-0.1, -0.05) is 54.6 Å². The Balaban J connectivity index is 1.73. The minimum absolute atomic E-state index is 0.0110. The van der Waals surface area contributed by atoms with E-state index >= 15 is 0 Å². The molecular formula is C20H24N2O3S. The highest BCUT2D eigenvalue weighted by atomic mass is 32.2.